The summed E-state index contributed by atoms with van der Waals surface area (Å²) in [5, 5.41) is 4.04. The monoisotopic (exact) mass is 312 g/mol. The van der Waals surface area contributed by atoms with Crippen LogP contribution in [0.5, 0.6) is 0 Å². The van der Waals surface area contributed by atoms with Crippen LogP contribution >= 0.6 is 0 Å². The number of aryl methyl sites for hydroxylation is 1. The minimum Gasteiger partial charge on any atom is -0.360 e. The van der Waals surface area contributed by atoms with Gasteiger partial charge >= 0.3 is 0 Å². The van der Waals surface area contributed by atoms with E-state index in [1.165, 1.54) is 0 Å². The number of hydrogen-bond acceptors (Lipinski definition) is 4. The predicted octanol–water partition coefficient (Wildman–Crippen LogP) is 3.26. The van der Waals surface area contributed by atoms with Crippen LogP contribution in [0.15, 0.2) is 40.9 Å². The standard InChI is InChI=1S/C19H24N2O2/c1-2-17-12-18(23-20-17)14-21-10-6-9-16(13-21)19(22)11-15-7-4-3-5-8-15/h3-5,7-8,12,16H,2,6,9-11,13-14H2,1H3. The Hall–Kier alpha value is -1.94. The molecule has 0 aliphatic carbocycles. The molecule has 1 saturated heterocycles. The van der Waals surface area contributed by atoms with Gasteiger partial charge in [0.05, 0.1) is 12.2 Å². The van der Waals surface area contributed by atoms with Crippen LogP contribution in [0.4, 0.5) is 0 Å². The number of aromatic nitrogens is 1. The summed E-state index contributed by atoms with van der Waals surface area (Å²) in [5.74, 6) is 1.39. The fourth-order valence-electron chi connectivity index (χ4n) is 3.22. The number of ketones is 1. The fraction of sp³-hybridized carbons (Fsp3) is 0.474. The van der Waals surface area contributed by atoms with Crippen molar-refractivity contribution in [2.24, 2.45) is 5.92 Å². The topological polar surface area (TPSA) is 46.3 Å². The second-order valence-electron chi connectivity index (χ2n) is 6.34. The first-order chi connectivity index (χ1) is 11.2. The predicted molar refractivity (Wildman–Crippen MR) is 89.0 cm³/mol. The number of benzene rings is 1. The van der Waals surface area contributed by atoms with Gasteiger partial charge in [-0.25, -0.2) is 0 Å². The highest BCUT2D eigenvalue weighted by Gasteiger charge is 2.26. The Morgan fingerprint density at radius 2 is 2.17 bits per heavy atom. The van der Waals surface area contributed by atoms with Crippen LogP contribution < -0.4 is 0 Å². The molecule has 0 bridgehead atoms. The van der Waals surface area contributed by atoms with Crippen LogP contribution in [0.3, 0.4) is 0 Å². The lowest BCUT2D eigenvalue weighted by atomic mass is 9.90. The number of carbonyl (C=O) groups is 1. The van der Waals surface area contributed by atoms with Gasteiger partial charge in [-0.3, -0.25) is 9.69 Å². The number of piperidine rings is 1. The zero-order valence-corrected chi connectivity index (χ0v) is 13.7. The number of Topliss-reactive ketones (excluding diaryl/α,β-unsaturated/α-hetero) is 1. The van der Waals surface area contributed by atoms with E-state index in [1.54, 1.807) is 0 Å². The lowest BCUT2D eigenvalue weighted by Gasteiger charge is -2.31. The van der Waals surface area contributed by atoms with Gasteiger partial charge in [0, 0.05) is 24.9 Å². The van der Waals surface area contributed by atoms with Crippen LogP contribution in [-0.4, -0.2) is 28.9 Å². The van der Waals surface area contributed by atoms with E-state index >= 15 is 0 Å². The van der Waals surface area contributed by atoms with Crippen molar-refractivity contribution in [1.82, 2.24) is 10.1 Å². The van der Waals surface area contributed by atoms with E-state index in [0.29, 0.717) is 12.2 Å². The maximum Gasteiger partial charge on any atom is 0.150 e. The zero-order chi connectivity index (χ0) is 16.1. The second kappa shape index (κ2) is 7.55. The van der Waals surface area contributed by atoms with Gasteiger partial charge in [0.1, 0.15) is 5.78 Å². The molecule has 2 heterocycles. The average Bonchev–Trinajstić information content (AvgIpc) is 3.03. The van der Waals surface area contributed by atoms with E-state index in [-0.39, 0.29) is 5.92 Å². The summed E-state index contributed by atoms with van der Waals surface area (Å²) >= 11 is 0. The van der Waals surface area contributed by atoms with Gasteiger partial charge in [-0.15, -0.1) is 0 Å². The Labute approximate surface area is 137 Å². The zero-order valence-electron chi connectivity index (χ0n) is 13.7. The van der Waals surface area contributed by atoms with Crippen molar-refractivity contribution >= 4 is 5.78 Å². The van der Waals surface area contributed by atoms with Gasteiger partial charge in [-0.1, -0.05) is 42.4 Å². The van der Waals surface area contributed by atoms with Crippen LogP contribution in [0.1, 0.15) is 36.8 Å². The molecule has 2 aromatic rings. The molecule has 0 N–H and O–H groups in total. The van der Waals surface area contributed by atoms with Gasteiger partial charge in [0.15, 0.2) is 5.76 Å². The van der Waals surface area contributed by atoms with Crippen molar-refractivity contribution in [3.63, 3.8) is 0 Å². The largest absolute Gasteiger partial charge is 0.360 e. The minimum absolute atomic E-state index is 0.137. The smallest absolute Gasteiger partial charge is 0.150 e. The normalized spacial score (nSPS) is 18.9. The van der Waals surface area contributed by atoms with Gasteiger partial charge in [-0.2, -0.15) is 0 Å². The molecule has 3 rings (SSSR count). The summed E-state index contributed by atoms with van der Waals surface area (Å²) in [4.78, 5) is 14.9. The molecule has 1 fully saturated rings. The summed E-state index contributed by atoms with van der Waals surface area (Å²) in [7, 11) is 0. The first-order valence-electron chi connectivity index (χ1n) is 8.48. The molecule has 1 atom stereocenters. The molecule has 0 radical (unpaired) electrons. The second-order valence-corrected chi connectivity index (χ2v) is 6.34. The SMILES string of the molecule is CCc1cc(CN2CCCC(C(=O)Cc3ccccc3)C2)on1. The van der Waals surface area contributed by atoms with E-state index in [9.17, 15) is 4.79 Å². The molecule has 4 heteroatoms. The summed E-state index contributed by atoms with van der Waals surface area (Å²) in [5.41, 5.74) is 2.10. The molecular formula is C19H24N2O2. The van der Waals surface area contributed by atoms with Gasteiger partial charge < -0.3 is 4.52 Å². The molecule has 1 aliphatic heterocycles. The number of carbonyl (C=O) groups excluding carboxylic acids is 1. The van der Waals surface area contributed by atoms with Crippen molar-refractivity contribution < 1.29 is 9.32 Å². The highest BCUT2D eigenvalue weighted by atomic mass is 16.5. The summed E-state index contributed by atoms with van der Waals surface area (Å²) in [6.07, 6.45) is 3.50. The Balaban J connectivity index is 1.56. The number of nitrogens with zero attached hydrogens (tertiary/aromatic N) is 2. The van der Waals surface area contributed by atoms with Crippen molar-refractivity contribution in [3.8, 4) is 0 Å². The van der Waals surface area contributed by atoms with Gasteiger partial charge in [0.2, 0.25) is 0 Å². The van der Waals surface area contributed by atoms with E-state index < -0.39 is 0 Å². The van der Waals surface area contributed by atoms with Crippen molar-refractivity contribution in [2.45, 2.75) is 39.2 Å². The quantitative estimate of drug-likeness (QED) is 0.821. The molecule has 1 aliphatic rings. The van der Waals surface area contributed by atoms with Gasteiger partial charge in [-0.05, 0) is 31.4 Å². The molecule has 0 spiro atoms. The van der Waals surface area contributed by atoms with Crippen LogP contribution in [0, 0.1) is 5.92 Å². The average molecular weight is 312 g/mol. The highest BCUT2D eigenvalue weighted by Crippen LogP contribution is 2.21. The molecule has 4 nitrogen and oxygen atoms in total. The van der Waals surface area contributed by atoms with E-state index in [4.69, 9.17) is 4.52 Å². The Bertz CT molecular complexity index is 636. The third-order valence-electron chi connectivity index (χ3n) is 4.53. The van der Waals surface area contributed by atoms with E-state index in [0.717, 1.165) is 55.9 Å². The van der Waals surface area contributed by atoms with Crippen molar-refractivity contribution in [1.29, 1.82) is 0 Å². The fourth-order valence-corrected chi connectivity index (χ4v) is 3.22. The maximum atomic E-state index is 12.6. The molecule has 1 unspecified atom stereocenters. The molecular weight excluding hydrogens is 288 g/mol. The molecule has 0 saturated carbocycles. The Morgan fingerprint density at radius 3 is 2.91 bits per heavy atom. The van der Waals surface area contributed by atoms with Crippen molar-refractivity contribution in [3.05, 3.63) is 53.4 Å². The third kappa shape index (κ3) is 4.29. The summed E-state index contributed by atoms with van der Waals surface area (Å²) in [6, 6.07) is 12.0. The van der Waals surface area contributed by atoms with Gasteiger partial charge in [0.25, 0.3) is 0 Å². The number of rotatable bonds is 6. The van der Waals surface area contributed by atoms with Crippen molar-refractivity contribution in [2.75, 3.05) is 13.1 Å². The highest BCUT2D eigenvalue weighted by molar-refractivity contribution is 5.83. The Kier molecular flexibility index (Phi) is 5.23. The lowest BCUT2D eigenvalue weighted by Crippen LogP contribution is -2.38. The maximum absolute atomic E-state index is 12.6. The number of hydrogen-bond donors (Lipinski definition) is 0. The molecule has 23 heavy (non-hydrogen) atoms. The van der Waals surface area contributed by atoms with Crippen LogP contribution in [0.25, 0.3) is 0 Å². The lowest BCUT2D eigenvalue weighted by molar-refractivity contribution is -0.124. The van der Waals surface area contributed by atoms with Crippen LogP contribution in [0.2, 0.25) is 0 Å². The Morgan fingerprint density at radius 1 is 1.35 bits per heavy atom. The molecule has 122 valence electrons. The summed E-state index contributed by atoms with van der Waals surface area (Å²) < 4.78 is 5.37. The first kappa shape index (κ1) is 15.9. The number of likely N-dealkylation sites (tertiary alicyclic amines) is 1. The van der Waals surface area contributed by atoms with Crippen LogP contribution in [-0.2, 0) is 24.2 Å². The minimum atomic E-state index is 0.137. The first-order valence-corrected chi connectivity index (χ1v) is 8.48. The third-order valence-corrected chi connectivity index (χ3v) is 4.53. The van der Waals surface area contributed by atoms with E-state index in [1.807, 2.05) is 36.4 Å². The molecule has 0 amide bonds. The summed E-state index contributed by atoms with van der Waals surface area (Å²) in [6.45, 7) is 4.67. The molecule has 1 aromatic heterocycles. The van der Waals surface area contributed by atoms with E-state index in [2.05, 4.69) is 17.0 Å². The molecule has 1 aromatic carbocycles.